The second kappa shape index (κ2) is 7.27. The molecule has 3 aliphatic rings. The van der Waals surface area contributed by atoms with E-state index >= 15 is 0 Å². The highest BCUT2D eigenvalue weighted by Crippen LogP contribution is 2.55. The van der Waals surface area contributed by atoms with Crippen LogP contribution in [0.4, 0.5) is 29.1 Å². The van der Waals surface area contributed by atoms with Crippen molar-refractivity contribution in [3.8, 4) is 0 Å². The van der Waals surface area contributed by atoms with Crippen molar-refractivity contribution in [1.29, 1.82) is 0 Å². The fourth-order valence-corrected chi connectivity index (χ4v) is 5.50. The van der Waals surface area contributed by atoms with Gasteiger partial charge in [-0.3, -0.25) is 4.90 Å². The molecule has 0 radical (unpaired) electrons. The number of hydrogen-bond acceptors (Lipinski definition) is 5. The lowest BCUT2D eigenvalue weighted by molar-refractivity contribution is -0.156. The molecule has 162 valence electrons. The van der Waals surface area contributed by atoms with Gasteiger partial charge >= 0.3 is 6.18 Å². The van der Waals surface area contributed by atoms with Gasteiger partial charge in [-0.25, -0.2) is 9.37 Å². The van der Waals surface area contributed by atoms with Crippen molar-refractivity contribution in [2.24, 2.45) is 11.1 Å². The summed E-state index contributed by atoms with van der Waals surface area (Å²) in [5, 5.41) is 3.34. The Morgan fingerprint density at radius 3 is 2.31 bits per heavy atom. The molecule has 1 spiro atoms. The maximum Gasteiger partial charge on any atom is 0.401 e. The van der Waals surface area contributed by atoms with E-state index in [0.29, 0.717) is 36.3 Å². The summed E-state index contributed by atoms with van der Waals surface area (Å²) in [6.07, 6.45) is 1.64. The van der Waals surface area contributed by atoms with Gasteiger partial charge in [-0.1, -0.05) is 0 Å². The van der Waals surface area contributed by atoms with Crippen molar-refractivity contribution in [1.82, 2.24) is 9.88 Å². The van der Waals surface area contributed by atoms with Crippen LogP contribution < -0.4 is 16.0 Å². The van der Waals surface area contributed by atoms with Crippen molar-refractivity contribution < 1.29 is 17.6 Å². The summed E-state index contributed by atoms with van der Waals surface area (Å²) >= 11 is 0. The zero-order valence-electron chi connectivity index (χ0n) is 16.8. The number of halogens is 4. The number of nitrogens with one attached hydrogen (secondary N) is 1. The summed E-state index contributed by atoms with van der Waals surface area (Å²) in [6.45, 7) is 3.14. The zero-order valence-corrected chi connectivity index (χ0v) is 16.8. The number of rotatable bonds is 4. The number of alkyl halides is 3. The number of hydrogen-bond donors (Lipinski definition) is 2. The van der Waals surface area contributed by atoms with Crippen molar-refractivity contribution >= 4 is 11.5 Å². The van der Waals surface area contributed by atoms with Gasteiger partial charge in [-0.05, 0) is 44.9 Å². The van der Waals surface area contributed by atoms with Crippen molar-refractivity contribution in [3.05, 3.63) is 18.1 Å². The van der Waals surface area contributed by atoms with E-state index in [2.05, 4.69) is 10.3 Å². The van der Waals surface area contributed by atoms with Crippen LogP contribution in [0.25, 0.3) is 0 Å². The summed E-state index contributed by atoms with van der Waals surface area (Å²) in [4.78, 5) is 7.46. The van der Waals surface area contributed by atoms with E-state index in [1.807, 2.05) is 0 Å². The van der Waals surface area contributed by atoms with Crippen LogP contribution in [0.2, 0.25) is 0 Å². The average Bonchev–Trinajstić information content (AvgIpc) is 2.54. The van der Waals surface area contributed by atoms with E-state index in [-0.39, 0.29) is 17.9 Å². The first kappa shape index (κ1) is 20.7. The first-order chi connectivity index (χ1) is 13.5. The van der Waals surface area contributed by atoms with Gasteiger partial charge in [-0.2, -0.15) is 13.2 Å². The van der Waals surface area contributed by atoms with E-state index in [1.165, 1.54) is 11.0 Å². The van der Waals surface area contributed by atoms with Gasteiger partial charge in [0, 0.05) is 43.3 Å². The fraction of sp³-hybridized carbons (Fsp3) is 0.750. The Hall–Kier alpha value is -1.61. The van der Waals surface area contributed by atoms with Gasteiger partial charge in [0.1, 0.15) is 0 Å². The van der Waals surface area contributed by atoms with Crippen LogP contribution in [-0.4, -0.2) is 59.9 Å². The van der Waals surface area contributed by atoms with Crippen LogP contribution in [0.3, 0.4) is 0 Å². The van der Waals surface area contributed by atoms with Gasteiger partial charge in [0.2, 0.25) is 0 Å². The molecule has 1 saturated heterocycles. The molecule has 3 N–H and O–H groups in total. The van der Waals surface area contributed by atoms with E-state index < -0.39 is 18.5 Å². The lowest BCUT2D eigenvalue weighted by Crippen LogP contribution is -2.59. The normalized spacial score (nSPS) is 35.3. The molecule has 2 atom stereocenters. The summed E-state index contributed by atoms with van der Waals surface area (Å²) in [6, 6.07) is 1.40. The van der Waals surface area contributed by atoms with Gasteiger partial charge < -0.3 is 16.0 Å². The van der Waals surface area contributed by atoms with E-state index in [4.69, 9.17) is 5.73 Å². The van der Waals surface area contributed by atoms with Gasteiger partial charge in [0.05, 0.1) is 18.4 Å². The molecule has 0 amide bonds. The highest BCUT2D eigenvalue weighted by molar-refractivity contribution is 5.51. The Morgan fingerprint density at radius 2 is 1.79 bits per heavy atom. The first-order valence-electron chi connectivity index (χ1n) is 10.3. The third kappa shape index (κ3) is 4.30. The van der Waals surface area contributed by atoms with Crippen molar-refractivity contribution in [3.63, 3.8) is 0 Å². The van der Waals surface area contributed by atoms with Crippen LogP contribution in [-0.2, 0) is 0 Å². The molecule has 2 unspecified atom stereocenters. The Morgan fingerprint density at radius 1 is 1.17 bits per heavy atom. The molecule has 2 saturated carbocycles. The number of pyridine rings is 1. The third-order valence-electron chi connectivity index (χ3n) is 6.70. The predicted octanol–water partition coefficient (Wildman–Crippen LogP) is 3.36. The molecule has 4 rings (SSSR count). The lowest BCUT2D eigenvalue weighted by atomic mass is 9.52. The molecular weight excluding hydrogens is 386 g/mol. The third-order valence-corrected chi connectivity index (χ3v) is 6.70. The smallest absolute Gasteiger partial charge is 0.381 e. The van der Waals surface area contributed by atoms with E-state index in [1.54, 1.807) is 24.9 Å². The molecule has 1 aromatic heterocycles. The second-order valence-electron chi connectivity index (χ2n) is 9.34. The monoisotopic (exact) mass is 415 g/mol. The number of nitrogens with zero attached hydrogens (tertiary/aromatic N) is 3. The van der Waals surface area contributed by atoms with Gasteiger partial charge in [0.15, 0.2) is 11.6 Å². The molecule has 29 heavy (non-hydrogen) atoms. The van der Waals surface area contributed by atoms with E-state index in [0.717, 1.165) is 25.7 Å². The van der Waals surface area contributed by atoms with Crippen LogP contribution in [0.15, 0.2) is 12.3 Å². The van der Waals surface area contributed by atoms with Gasteiger partial charge in [-0.15, -0.1) is 0 Å². The predicted molar refractivity (Wildman–Crippen MR) is 104 cm³/mol. The SMILES string of the molecule is CC1CN(c2ncc(NC3CC4(CC(N)C4)C3)cc2F)CC(C)N1CC(F)(F)F. The summed E-state index contributed by atoms with van der Waals surface area (Å²) in [7, 11) is 0. The van der Waals surface area contributed by atoms with Crippen LogP contribution in [0, 0.1) is 11.2 Å². The fourth-order valence-electron chi connectivity index (χ4n) is 5.50. The molecule has 0 bridgehead atoms. The quantitative estimate of drug-likeness (QED) is 0.739. The minimum Gasteiger partial charge on any atom is -0.381 e. The minimum atomic E-state index is -4.24. The Labute approximate surface area is 168 Å². The van der Waals surface area contributed by atoms with Crippen LogP contribution in [0.1, 0.15) is 39.5 Å². The molecule has 1 aliphatic heterocycles. The van der Waals surface area contributed by atoms with Crippen molar-refractivity contribution in [2.75, 3.05) is 29.9 Å². The molecular formula is C20H29F4N5. The molecule has 2 aliphatic carbocycles. The highest BCUT2D eigenvalue weighted by Gasteiger charge is 2.51. The molecule has 9 heteroatoms. The van der Waals surface area contributed by atoms with Crippen molar-refractivity contribution in [2.45, 2.75) is 69.9 Å². The largest absolute Gasteiger partial charge is 0.401 e. The highest BCUT2D eigenvalue weighted by atomic mass is 19.4. The standard InChI is InChI=1S/C20H29F4N5/c1-12-9-28(10-13(2)29(12)11-20(22,23)24)18-17(21)3-15(8-26-18)27-16-6-19(7-16)4-14(25)5-19/h3,8,12-14,16,27H,4-7,9-11,25H2,1-2H3. The first-order valence-corrected chi connectivity index (χ1v) is 10.3. The van der Waals surface area contributed by atoms with Gasteiger partial charge in [0.25, 0.3) is 0 Å². The molecule has 0 aromatic carbocycles. The van der Waals surface area contributed by atoms with Crippen LogP contribution in [0.5, 0.6) is 0 Å². The Kier molecular flexibility index (Phi) is 5.17. The Balaban J connectivity index is 1.36. The number of aromatic nitrogens is 1. The molecule has 5 nitrogen and oxygen atoms in total. The molecule has 2 heterocycles. The molecule has 1 aromatic rings. The summed E-state index contributed by atoms with van der Waals surface area (Å²) < 4.78 is 53.2. The summed E-state index contributed by atoms with van der Waals surface area (Å²) in [5.41, 5.74) is 6.92. The minimum absolute atomic E-state index is 0.205. The average molecular weight is 415 g/mol. The Bertz CT molecular complexity index is 729. The van der Waals surface area contributed by atoms with E-state index in [9.17, 15) is 17.6 Å². The molecule has 3 fully saturated rings. The zero-order chi connectivity index (χ0) is 21.0. The number of piperazine rings is 1. The lowest BCUT2D eigenvalue weighted by Gasteiger charge is -2.57. The number of anilines is 2. The van der Waals surface area contributed by atoms with Crippen LogP contribution >= 0.6 is 0 Å². The topological polar surface area (TPSA) is 57.4 Å². The second-order valence-corrected chi connectivity index (χ2v) is 9.34. The number of nitrogens with two attached hydrogens (primary N) is 1. The maximum absolute atomic E-state index is 14.8. The maximum atomic E-state index is 14.8. The summed E-state index contributed by atoms with van der Waals surface area (Å²) in [5.74, 6) is -0.241.